The lowest BCUT2D eigenvalue weighted by Crippen LogP contribution is -2.10. The molecule has 0 amide bonds. The largest absolute Gasteiger partial charge is 0.387 e. The molecule has 1 aromatic rings. The van der Waals surface area contributed by atoms with E-state index in [0.29, 0.717) is 11.5 Å². The molecule has 0 spiro atoms. The smallest absolute Gasteiger partial charge is 0.0955 e. The minimum atomic E-state index is -0.387. The first kappa shape index (κ1) is 14.2. The predicted octanol–water partition coefficient (Wildman–Crippen LogP) is 3.71. The Morgan fingerprint density at radius 1 is 1.35 bits per heavy atom. The number of hydrogen-bond donors (Lipinski definition) is 1. The standard InChI is InChI=1S/C14H26N2O/c1-11(2)16-10-15-9-12(16)13(17)7-6-8-14(3,4)5/h9-11,13,17H,6-8H2,1-5H3. The van der Waals surface area contributed by atoms with Crippen LogP contribution in [-0.2, 0) is 0 Å². The maximum absolute atomic E-state index is 10.2. The van der Waals surface area contributed by atoms with Gasteiger partial charge in [0.25, 0.3) is 0 Å². The van der Waals surface area contributed by atoms with Crippen LogP contribution in [0.1, 0.15) is 71.7 Å². The fourth-order valence-corrected chi connectivity index (χ4v) is 1.98. The SMILES string of the molecule is CC(C)n1cncc1C(O)CCCC(C)(C)C. The second kappa shape index (κ2) is 5.67. The van der Waals surface area contributed by atoms with Crippen molar-refractivity contribution >= 4 is 0 Å². The summed E-state index contributed by atoms with van der Waals surface area (Å²) in [5, 5.41) is 10.2. The Morgan fingerprint density at radius 2 is 2.00 bits per heavy atom. The Kier molecular flexibility index (Phi) is 4.75. The lowest BCUT2D eigenvalue weighted by Gasteiger charge is -2.20. The summed E-state index contributed by atoms with van der Waals surface area (Å²) in [6, 6.07) is 0.352. The van der Waals surface area contributed by atoms with Gasteiger partial charge in [0.05, 0.1) is 24.3 Å². The molecule has 0 fully saturated rings. The zero-order valence-corrected chi connectivity index (χ0v) is 11.8. The van der Waals surface area contributed by atoms with E-state index in [1.54, 1.807) is 12.5 Å². The zero-order valence-electron chi connectivity index (χ0n) is 11.8. The van der Waals surface area contributed by atoms with Crippen molar-refractivity contribution in [3.05, 3.63) is 18.2 Å². The van der Waals surface area contributed by atoms with E-state index in [1.807, 2.05) is 4.57 Å². The molecular weight excluding hydrogens is 212 g/mol. The molecule has 0 radical (unpaired) electrons. The lowest BCUT2D eigenvalue weighted by molar-refractivity contribution is 0.148. The molecule has 1 N–H and O–H groups in total. The van der Waals surface area contributed by atoms with E-state index in [2.05, 4.69) is 39.6 Å². The number of hydrogen-bond acceptors (Lipinski definition) is 2. The van der Waals surface area contributed by atoms with Crippen LogP contribution in [0, 0.1) is 5.41 Å². The molecule has 3 heteroatoms. The van der Waals surface area contributed by atoms with Crippen LogP contribution < -0.4 is 0 Å². The molecule has 0 aliphatic carbocycles. The van der Waals surface area contributed by atoms with Gasteiger partial charge < -0.3 is 9.67 Å². The fraction of sp³-hybridized carbons (Fsp3) is 0.786. The molecule has 0 aliphatic rings. The molecular formula is C14H26N2O. The van der Waals surface area contributed by atoms with Gasteiger partial charge in [-0.3, -0.25) is 0 Å². The van der Waals surface area contributed by atoms with Crippen molar-refractivity contribution in [2.75, 3.05) is 0 Å². The number of imidazole rings is 1. The van der Waals surface area contributed by atoms with Gasteiger partial charge in [-0.25, -0.2) is 4.98 Å². The normalized spacial score (nSPS) is 14.3. The molecule has 0 bridgehead atoms. The van der Waals surface area contributed by atoms with E-state index in [4.69, 9.17) is 0 Å². The molecule has 17 heavy (non-hydrogen) atoms. The second-order valence-corrected chi connectivity index (χ2v) is 6.29. The monoisotopic (exact) mass is 238 g/mol. The molecule has 0 aromatic carbocycles. The molecule has 1 heterocycles. The van der Waals surface area contributed by atoms with E-state index in [1.165, 1.54) is 0 Å². The van der Waals surface area contributed by atoms with Crippen molar-refractivity contribution < 1.29 is 5.11 Å². The number of aliphatic hydroxyl groups is 1. The molecule has 0 saturated carbocycles. The zero-order chi connectivity index (χ0) is 13.1. The Labute approximate surface area is 105 Å². The van der Waals surface area contributed by atoms with E-state index in [-0.39, 0.29) is 6.10 Å². The third-order valence-corrected chi connectivity index (χ3v) is 3.00. The molecule has 1 rings (SSSR count). The van der Waals surface area contributed by atoms with Crippen molar-refractivity contribution in [3.63, 3.8) is 0 Å². The maximum Gasteiger partial charge on any atom is 0.0955 e. The van der Waals surface area contributed by atoms with Crippen LogP contribution in [0.3, 0.4) is 0 Å². The van der Waals surface area contributed by atoms with E-state index in [0.717, 1.165) is 25.0 Å². The van der Waals surface area contributed by atoms with Gasteiger partial charge in [-0.05, 0) is 38.5 Å². The molecule has 3 nitrogen and oxygen atoms in total. The van der Waals surface area contributed by atoms with E-state index < -0.39 is 0 Å². The van der Waals surface area contributed by atoms with Gasteiger partial charge in [0.1, 0.15) is 0 Å². The van der Waals surface area contributed by atoms with E-state index >= 15 is 0 Å². The highest BCUT2D eigenvalue weighted by molar-refractivity contribution is 5.03. The summed E-state index contributed by atoms with van der Waals surface area (Å²) >= 11 is 0. The highest BCUT2D eigenvalue weighted by Gasteiger charge is 2.16. The average Bonchev–Trinajstić information content (AvgIpc) is 2.63. The first-order valence-electron chi connectivity index (χ1n) is 6.51. The van der Waals surface area contributed by atoms with Gasteiger partial charge in [-0.2, -0.15) is 0 Å². The van der Waals surface area contributed by atoms with Crippen LogP contribution in [0.5, 0.6) is 0 Å². The van der Waals surface area contributed by atoms with Gasteiger partial charge in [-0.15, -0.1) is 0 Å². The number of aromatic nitrogens is 2. The maximum atomic E-state index is 10.2. The Morgan fingerprint density at radius 3 is 2.53 bits per heavy atom. The van der Waals surface area contributed by atoms with Crippen molar-refractivity contribution in [2.45, 2.75) is 66.0 Å². The van der Waals surface area contributed by atoms with Crippen LogP contribution in [-0.4, -0.2) is 14.7 Å². The molecule has 1 aromatic heterocycles. The summed E-state index contributed by atoms with van der Waals surface area (Å²) in [4.78, 5) is 4.12. The fourth-order valence-electron chi connectivity index (χ4n) is 1.98. The van der Waals surface area contributed by atoms with Gasteiger partial charge in [0.2, 0.25) is 0 Å². The number of nitrogens with zero attached hydrogens (tertiary/aromatic N) is 2. The van der Waals surface area contributed by atoms with Crippen LogP contribution in [0.2, 0.25) is 0 Å². The van der Waals surface area contributed by atoms with Crippen LogP contribution in [0.4, 0.5) is 0 Å². The number of aliphatic hydroxyl groups excluding tert-OH is 1. The molecule has 98 valence electrons. The Balaban J connectivity index is 2.52. The Hall–Kier alpha value is -0.830. The molecule has 0 saturated heterocycles. The van der Waals surface area contributed by atoms with E-state index in [9.17, 15) is 5.11 Å². The highest BCUT2D eigenvalue weighted by Crippen LogP contribution is 2.26. The quantitative estimate of drug-likeness (QED) is 0.849. The molecule has 1 unspecified atom stereocenters. The first-order valence-corrected chi connectivity index (χ1v) is 6.51. The van der Waals surface area contributed by atoms with Gasteiger partial charge in [-0.1, -0.05) is 20.8 Å². The highest BCUT2D eigenvalue weighted by atomic mass is 16.3. The third-order valence-electron chi connectivity index (χ3n) is 3.00. The summed E-state index contributed by atoms with van der Waals surface area (Å²) in [6.07, 6.45) is 6.19. The Bertz CT molecular complexity index is 336. The third kappa shape index (κ3) is 4.50. The van der Waals surface area contributed by atoms with Crippen molar-refractivity contribution in [2.24, 2.45) is 5.41 Å². The lowest BCUT2D eigenvalue weighted by atomic mass is 9.89. The van der Waals surface area contributed by atoms with Crippen molar-refractivity contribution in [3.8, 4) is 0 Å². The van der Waals surface area contributed by atoms with Crippen LogP contribution in [0.25, 0.3) is 0 Å². The van der Waals surface area contributed by atoms with Crippen molar-refractivity contribution in [1.82, 2.24) is 9.55 Å². The van der Waals surface area contributed by atoms with Gasteiger partial charge in [0, 0.05) is 6.04 Å². The van der Waals surface area contributed by atoms with Crippen LogP contribution >= 0.6 is 0 Å². The predicted molar refractivity (Wildman–Crippen MR) is 70.9 cm³/mol. The summed E-state index contributed by atoms with van der Waals surface area (Å²) < 4.78 is 2.04. The molecule has 1 atom stereocenters. The van der Waals surface area contributed by atoms with Gasteiger partial charge >= 0.3 is 0 Å². The second-order valence-electron chi connectivity index (χ2n) is 6.29. The summed E-state index contributed by atoms with van der Waals surface area (Å²) in [5.74, 6) is 0. The summed E-state index contributed by atoms with van der Waals surface area (Å²) in [5.41, 5.74) is 1.28. The summed E-state index contributed by atoms with van der Waals surface area (Å²) in [7, 11) is 0. The minimum absolute atomic E-state index is 0.345. The van der Waals surface area contributed by atoms with Crippen molar-refractivity contribution in [1.29, 1.82) is 0 Å². The summed E-state index contributed by atoms with van der Waals surface area (Å²) in [6.45, 7) is 10.9. The van der Waals surface area contributed by atoms with Crippen LogP contribution in [0.15, 0.2) is 12.5 Å². The minimum Gasteiger partial charge on any atom is -0.387 e. The van der Waals surface area contributed by atoms with Gasteiger partial charge in [0.15, 0.2) is 0 Å². The first-order chi connectivity index (χ1) is 7.81. The number of rotatable bonds is 5. The molecule has 0 aliphatic heterocycles. The topological polar surface area (TPSA) is 38.0 Å². The average molecular weight is 238 g/mol.